The highest BCUT2D eigenvalue weighted by molar-refractivity contribution is 7.82. The molecule has 2 aliphatic carbocycles. The van der Waals surface area contributed by atoms with Gasteiger partial charge in [0.05, 0.1) is 0 Å². The Bertz CT molecular complexity index is 471. The SMILES string of the molecule is O=C(C(=S)NC1CC2CCC1C2)c1ccccc1. The van der Waals surface area contributed by atoms with E-state index in [-0.39, 0.29) is 5.78 Å². The van der Waals surface area contributed by atoms with Crippen LogP contribution < -0.4 is 5.32 Å². The van der Waals surface area contributed by atoms with Crippen molar-refractivity contribution >= 4 is 23.0 Å². The van der Waals surface area contributed by atoms with E-state index in [1.54, 1.807) is 0 Å². The molecule has 0 spiro atoms. The number of rotatable bonds is 3. The summed E-state index contributed by atoms with van der Waals surface area (Å²) in [4.78, 5) is 12.5. The van der Waals surface area contributed by atoms with E-state index < -0.39 is 0 Å². The van der Waals surface area contributed by atoms with Crippen LogP contribution in [0.1, 0.15) is 36.0 Å². The van der Waals surface area contributed by atoms with Gasteiger partial charge >= 0.3 is 0 Å². The monoisotopic (exact) mass is 259 g/mol. The Kier molecular flexibility index (Phi) is 3.16. The van der Waals surface area contributed by atoms with Crippen LogP contribution in [0.15, 0.2) is 30.3 Å². The topological polar surface area (TPSA) is 29.1 Å². The van der Waals surface area contributed by atoms with Gasteiger partial charge in [0.2, 0.25) is 5.78 Å². The second-order valence-electron chi connectivity index (χ2n) is 5.45. The first-order chi connectivity index (χ1) is 8.74. The second-order valence-corrected chi connectivity index (χ2v) is 5.86. The van der Waals surface area contributed by atoms with Crippen molar-refractivity contribution in [3.8, 4) is 0 Å². The number of ketones is 1. The normalized spacial score (nSPS) is 29.2. The summed E-state index contributed by atoms with van der Waals surface area (Å²) < 4.78 is 0. The summed E-state index contributed by atoms with van der Waals surface area (Å²) in [6.45, 7) is 0. The van der Waals surface area contributed by atoms with Crippen LogP contribution in [0.5, 0.6) is 0 Å². The van der Waals surface area contributed by atoms with E-state index in [0.29, 0.717) is 16.6 Å². The van der Waals surface area contributed by atoms with Crippen LogP contribution in [0.25, 0.3) is 0 Å². The summed E-state index contributed by atoms with van der Waals surface area (Å²) in [5, 5.41) is 3.29. The lowest BCUT2D eigenvalue weighted by atomic mass is 9.95. The Labute approximate surface area is 113 Å². The molecule has 3 atom stereocenters. The number of carbonyl (C=O) groups is 1. The molecular formula is C15H17NOS. The van der Waals surface area contributed by atoms with E-state index >= 15 is 0 Å². The fraction of sp³-hybridized carbons (Fsp3) is 0.467. The smallest absolute Gasteiger partial charge is 0.219 e. The second kappa shape index (κ2) is 4.81. The summed E-state index contributed by atoms with van der Waals surface area (Å²) in [6, 6.07) is 9.71. The molecule has 0 aliphatic heterocycles. The Morgan fingerprint density at radius 2 is 1.94 bits per heavy atom. The predicted molar refractivity (Wildman–Crippen MR) is 75.7 cm³/mol. The zero-order valence-electron chi connectivity index (χ0n) is 10.3. The van der Waals surface area contributed by atoms with Gasteiger partial charge in [0.1, 0.15) is 4.99 Å². The van der Waals surface area contributed by atoms with Crippen LogP contribution in [0.2, 0.25) is 0 Å². The van der Waals surface area contributed by atoms with E-state index in [2.05, 4.69) is 5.32 Å². The summed E-state index contributed by atoms with van der Waals surface area (Å²) in [5.74, 6) is 1.55. The number of Topliss-reactive ketones (excluding diaryl/α,β-unsaturated/α-hetero) is 1. The first kappa shape index (κ1) is 11.8. The number of hydrogen-bond donors (Lipinski definition) is 1. The van der Waals surface area contributed by atoms with E-state index in [1.165, 1.54) is 25.7 Å². The molecule has 1 aromatic carbocycles. The third-order valence-electron chi connectivity index (χ3n) is 4.30. The summed E-state index contributed by atoms with van der Waals surface area (Å²) in [5.41, 5.74) is 0.679. The largest absolute Gasteiger partial charge is 0.370 e. The van der Waals surface area contributed by atoms with Crippen LogP contribution in [0.4, 0.5) is 0 Å². The van der Waals surface area contributed by atoms with Gasteiger partial charge in [-0.1, -0.05) is 49.0 Å². The average molecular weight is 259 g/mol. The Morgan fingerprint density at radius 1 is 1.17 bits per heavy atom. The summed E-state index contributed by atoms with van der Waals surface area (Å²) in [7, 11) is 0. The molecule has 0 aromatic heterocycles. The fourth-order valence-corrected chi connectivity index (χ4v) is 3.65. The summed E-state index contributed by atoms with van der Waals surface area (Å²) >= 11 is 5.25. The van der Waals surface area contributed by atoms with Gasteiger partial charge in [0.15, 0.2) is 0 Å². The van der Waals surface area contributed by atoms with Crippen LogP contribution in [0.3, 0.4) is 0 Å². The minimum absolute atomic E-state index is 0.0478. The van der Waals surface area contributed by atoms with E-state index in [1.807, 2.05) is 30.3 Å². The third-order valence-corrected chi connectivity index (χ3v) is 4.60. The third kappa shape index (κ3) is 2.19. The van der Waals surface area contributed by atoms with Crippen molar-refractivity contribution in [2.45, 2.75) is 31.7 Å². The van der Waals surface area contributed by atoms with Gasteiger partial charge in [0.25, 0.3) is 0 Å². The van der Waals surface area contributed by atoms with Gasteiger partial charge in [-0.05, 0) is 31.1 Å². The quantitative estimate of drug-likeness (QED) is 0.668. The minimum atomic E-state index is -0.0478. The predicted octanol–water partition coefficient (Wildman–Crippen LogP) is 2.97. The molecule has 2 aliphatic rings. The van der Waals surface area contributed by atoms with Crippen molar-refractivity contribution in [2.75, 3.05) is 0 Å². The molecular weight excluding hydrogens is 242 g/mol. The standard InChI is InChI=1S/C15H17NOS/c17-14(11-4-2-1-3-5-11)15(18)16-13-9-10-6-7-12(13)8-10/h1-5,10,12-13H,6-9H2,(H,16,18). The van der Waals surface area contributed by atoms with E-state index in [4.69, 9.17) is 12.2 Å². The van der Waals surface area contributed by atoms with Crippen molar-refractivity contribution in [3.63, 3.8) is 0 Å². The zero-order chi connectivity index (χ0) is 12.5. The number of benzene rings is 1. The van der Waals surface area contributed by atoms with Gasteiger partial charge < -0.3 is 5.32 Å². The molecule has 18 heavy (non-hydrogen) atoms. The molecule has 0 heterocycles. The number of hydrogen-bond acceptors (Lipinski definition) is 2. The van der Waals surface area contributed by atoms with Crippen molar-refractivity contribution in [1.29, 1.82) is 0 Å². The van der Waals surface area contributed by atoms with Gasteiger partial charge in [-0.3, -0.25) is 4.79 Å². The number of fused-ring (bicyclic) bond motifs is 2. The molecule has 3 heteroatoms. The molecule has 3 unspecified atom stereocenters. The van der Waals surface area contributed by atoms with Crippen molar-refractivity contribution in [3.05, 3.63) is 35.9 Å². The Balaban J connectivity index is 1.64. The molecule has 2 fully saturated rings. The average Bonchev–Trinajstić information content (AvgIpc) is 3.01. The van der Waals surface area contributed by atoms with Crippen LogP contribution >= 0.6 is 12.2 Å². The molecule has 1 aromatic rings. The zero-order valence-corrected chi connectivity index (χ0v) is 11.1. The molecule has 2 bridgehead atoms. The highest BCUT2D eigenvalue weighted by atomic mass is 32.1. The van der Waals surface area contributed by atoms with Gasteiger partial charge in [-0.15, -0.1) is 0 Å². The van der Waals surface area contributed by atoms with Crippen LogP contribution in [-0.4, -0.2) is 16.8 Å². The number of nitrogens with one attached hydrogen (secondary N) is 1. The van der Waals surface area contributed by atoms with Gasteiger partial charge in [0, 0.05) is 11.6 Å². The molecule has 0 radical (unpaired) electrons. The number of carbonyl (C=O) groups excluding carboxylic acids is 1. The maximum atomic E-state index is 12.1. The maximum Gasteiger partial charge on any atom is 0.219 e. The Hall–Kier alpha value is -1.22. The van der Waals surface area contributed by atoms with Crippen LogP contribution in [-0.2, 0) is 0 Å². The summed E-state index contributed by atoms with van der Waals surface area (Å²) in [6.07, 6.45) is 5.17. The minimum Gasteiger partial charge on any atom is -0.370 e. The lowest BCUT2D eigenvalue weighted by Crippen LogP contribution is -2.41. The molecule has 3 rings (SSSR count). The van der Waals surface area contributed by atoms with Crippen LogP contribution in [0, 0.1) is 11.8 Å². The molecule has 2 nitrogen and oxygen atoms in total. The molecule has 0 saturated heterocycles. The first-order valence-electron chi connectivity index (χ1n) is 6.64. The fourth-order valence-electron chi connectivity index (χ4n) is 3.38. The van der Waals surface area contributed by atoms with Gasteiger partial charge in [-0.2, -0.15) is 0 Å². The molecule has 1 N–H and O–H groups in total. The molecule has 2 saturated carbocycles. The Morgan fingerprint density at radius 3 is 2.56 bits per heavy atom. The number of thiocarbonyl (C=S) groups is 1. The van der Waals surface area contributed by atoms with Crippen molar-refractivity contribution in [2.24, 2.45) is 11.8 Å². The highest BCUT2D eigenvalue weighted by Crippen LogP contribution is 2.44. The maximum absolute atomic E-state index is 12.1. The van der Waals surface area contributed by atoms with E-state index in [9.17, 15) is 4.79 Å². The van der Waals surface area contributed by atoms with Crippen molar-refractivity contribution < 1.29 is 4.79 Å². The lowest BCUT2D eigenvalue weighted by Gasteiger charge is -2.23. The highest BCUT2D eigenvalue weighted by Gasteiger charge is 2.40. The molecule has 0 amide bonds. The lowest BCUT2D eigenvalue weighted by molar-refractivity contribution is 0.106. The first-order valence-corrected chi connectivity index (χ1v) is 7.05. The van der Waals surface area contributed by atoms with Crippen molar-refractivity contribution in [1.82, 2.24) is 5.32 Å². The molecule has 94 valence electrons. The van der Waals surface area contributed by atoms with Gasteiger partial charge in [-0.25, -0.2) is 0 Å². The van der Waals surface area contributed by atoms with E-state index in [0.717, 1.165) is 11.8 Å².